The molecule has 0 fully saturated rings. The van der Waals surface area contributed by atoms with E-state index >= 15 is 0 Å². The molecule has 22 heavy (non-hydrogen) atoms. The predicted molar refractivity (Wildman–Crippen MR) is 90.6 cm³/mol. The minimum atomic E-state index is -0.293. The smallest absolute Gasteiger partial charge is 0.222 e. The first kappa shape index (κ1) is 16.5. The third-order valence-corrected chi connectivity index (χ3v) is 3.86. The maximum atomic E-state index is 12.2. The highest BCUT2D eigenvalue weighted by atomic mass is 35.5. The number of amides is 1. The van der Waals surface area contributed by atoms with E-state index in [9.17, 15) is 4.79 Å². The standard InChI is InChI=1S/C18H21ClN2O/c1-2-17(14-9-6-10-15(19)11-14)21-18(22)12-16(20)13-7-4-3-5-8-13/h3-11,16-17H,2,12,20H2,1H3,(H,21,22). The highest BCUT2D eigenvalue weighted by Crippen LogP contribution is 2.21. The fraction of sp³-hybridized carbons (Fsp3) is 0.278. The van der Waals surface area contributed by atoms with Crippen molar-refractivity contribution in [1.29, 1.82) is 0 Å². The number of hydrogen-bond acceptors (Lipinski definition) is 2. The first-order valence-corrected chi connectivity index (χ1v) is 7.83. The average molecular weight is 317 g/mol. The van der Waals surface area contributed by atoms with Crippen LogP contribution in [0.15, 0.2) is 54.6 Å². The van der Waals surface area contributed by atoms with Crippen LogP contribution in [-0.2, 0) is 4.79 Å². The lowest BCUT2D eigenvalue weighted by Crippen LogP contribution is -2.30. The zero-order chi connectivity index (χ0) is 15.9. The normalized spacial score (nSPS) is 13.4. The summed E-state index contributed by atoms with van der Waals surface area (Å²) in [5.41, 5.74) is 8.07. The monoisotopic (exact) mass is 316 g/mol. The van der Waals surface area contributed by atoms with Gasteiger partial charge in [-0.3, -0.25) is 4.79 Å². The molecule has 2 aromatic rings. The van der Waals surface area contributed by atoms with Crippen molar-refractivity contribution in [3.63, 3.8) is 0 Å². The first-order chi connectivity index (χ1) is 10.6. The summed E-state index contributed by atoms with van der Waals surface area (Å²) in [5, 5.41) is 3.71. The Morgan fingerprint density at radius 1 is 1.14 bits per heavy atom. The summed E-state index contributed by atoms with van der Waals surface area (Å²) in [6.07, 6.45) is 1.06. The zero-order valence-corrected chi connectivity index (χ0v) is 13.4. The summed E-state index contributed by atoms with van der Waals surface area (Å²) in [5.74, 6) is -0.0526. The molecule has 0 aliphatic carbocycles. The van der Waals surface area contributed by atoms with Crippen LogP contribution in [-0.4, -0.2) is 5.91 Å². The van der Waals surface area contributed by atoms with Gasteiger partial charge in [-0.1, -0.05) is 61.0 Å². The summed E-state index contributed by atoms with van der Waals surface area (Å²) in [6.45, 7) is 2.03. The number of hydrogen-bond donors (Lipinski definition) is 2. The van der Waals surface area contributed by atoms with E-state index in [-0.39, 0.29) is 24.4 Å². The number of carbonyl (C=O) groups excluding carboxylic acids is 1. The van der Waals surface area contributed by atoms with Gasteiger partial charge in [0, 0.05) is 17.5 Å². The van der Waals surface area contributed by atoms with E-state index in [0.717, 1.165) is 17.5 Å². The van der Waals surface area contributed by atoms with E-state index in [2.05, 4.69) is 5.32 Å². The van der Waals surface area contributed by atoms with Crippen molar-refractivity contribution in [3.8, 4) is 0 Å². The molecule has 0 bridgehead atoms. The van der Waals surface area contributed by atoms with Gasteiger partial charge in [0.2, 0.25) is 5.91 Å². The van der Waals surface area contributed by atoms with Gasteiger partial charge < -0.3 is 11.1 Å². The average Bonchev–Trinajstić information content (AvgIpc) is 2.53. The van der Waals surface area contributed by atoms with E-state index in [1.165, 1.54) is 0 Å². The molecule has 0 aromatic heterocycles. The molecule has 0 radical (unpaired) electrons. The number of carbonyl (C=O) groups is 1. The molecule has 2 unspecified atom stereocenters. The fourth-order valence-electron chi connectivity index (χ4n) is 2.42. The maximum Gasteiger partial charge on any atom is 0.222 e. The molecule has 0 saturated heterocycles. The zero-order valence-electron chi connectivity index (χ0n) is 12.6. The minimum Gasteiger partial charge on any atom is -0.349 e. The van der Waals surface area contributed by atoms with Crippen molar-refractivity contribution in [2.45, 2.75) is 31.8 Å². The van der Waals surface area contributed by atoms with Gasteiger partial charge in [-0.05, 0) is 29.7 Å². The fourth-order valence-corrected chi connectivity index (χ4v) is 2.61. The van der Waals surface area contributed by atoms with Crippen molar-refractivity contribution < 1.29 is 4.79 Å². The number of benzene rings is 2. The van der Waals surface area contributed by atoms with Crippen LogP contribution in [0, 0.1) is 0 Å². The molecule has 2 aromatic carbocycles. The lowest BCUT2D eigenvalue weighted by atomic mass is 10.0. The molecule has 3 nitrogen and oxygen atoms in total. The van der Waals surface area contributed by atoms with E-state index in [1.807, 2.05) is 61.5 Å². The van der Waals surface area contributed by atoms with Gasteiger partial charge in [0.05, 0.1) is 6.04 Å². The van der Waals surface area contributed by atoms with Crippen molar-refractivity contribution in [2.24, 2.45) is 5.73 Å². The van der Waals surface area contributed by atoms with Gasteiger partial charge in [0.15, 0.2) is 0 Å². The third kappa shape index (κ3) is 4.58. The number of nitrogens with one attached hydrogen (secondary N) is 1. The quantitative estimate of drug-likeness (QED) is 0.846. The van der Waals surface area contributed by atoms with Crippen LogP contribution in [0.2, 0.25) is 5.02 Å². The molecule has 0 spiro atoms. The molecule has 0 aliphatic rings. The van der Waals surface area contributed by atoms with Gasteiger partial charge in [-0.25, -0.2) is 0 Å². The summed E-state index contributed by atoms with van der Waals surface area (Å²) in [7, 11) is 0. The van der Waals surface area contributed by atoms with Crippen LogP contribution in [0.4, 0.5) is 0 Å². The Hall–Kier alpha value is -1.84. The largest absolute Gasteiger partial charge is 0.349 e. The van der Waals surface area contributed by atoms with Gasteiger partial charge >= 0.3 is 0 Å². The molecule has 0 aliphatic heterocycles. The molecule has 2 atom stereocenters. The Balaban J connectivity index is 1.98. The van der Waals surface area contributed by atoms with E-state index in [0.29, 0.717) is 5.02 Å². The van der Waals surface area contributed by atoms with Crippen LogP contribution in [0.1, 0.15) is 43.0 Å². The molecule has 3 N–H and O–H groups in total. The number of nitrogens with two attached hydrogens (primary N) is 1. The maximum absolute atomic E-state index is 12.2. The second-order valence-electron chi connectivity index (χ2n) is 5.30. The highest BCUT2D eigenvalue weighted by Gasteiger charge is 2.16. The van der Waals surface area contributed by atoms with E-state index < -0.39 is 0 Å². The lowest BCUT2D eigenvalue weighted by Gasteiger charge is -2.19. The Bertz CT molecular complexity index is 615. The molecule has 116 valence electrons. The SMILES string of the molecule is CCC(NC(=O)CC(N)c1ccccc1)c1cccc(Cl)c1. The highest BCUT2D eigenvalue weighted by molar-refractivity contribution is 6.30. The third-order valence-electron chi connectivity index (χ3n) is 3.63. The van der Waals surface area contributed by atoms with Gasteiger partial charge in [-0.2, -0.15) is 0 Å². The molecular formula is C18H21ClN2O. The van der Waals surface area contributed by atoms with Crippen molar-refractivity contribution in [3.05, 3.63) is 70.7 Å². The van der Waals surface area contributed by atoms with Crippen LogP contribution in [0.3, 0.4) is 0 Å². The van der Waals surface area contributed by atoms with Gasteiger partial charge in [0.1, 0.15) is 0 Å². The summed E-state index contributed by atoms with van der Waals surface area (Å²) < 4.78 is 0. The summed E-state index contributed by atoms with van der Waals surface area (Å²) >= 11 is 6.01. The first-order valence-electron chi connectivity index (χ1n) is 7.45. The molecular weight excluding hydrogens is 296 g/mol. The Morgan fingerprint density at radius 3 is 2.45 bits per heavy atom. The van der Waals surface area contributed by atoms with Crippen LogP contribution in [0.25, 0.3) is 0 Å². The Kier molecular flexibility index (Phi) is 5.99. The van der Waals surface area contributed by atoms with Crippen molar-refractivity contribution in [2.75, 3.05) is 0 Å². The van der Waals surface area contributed by atoms with Crippen LogP contribution in [0.5, 0.6) is 0 Å². The summed E-state index contributed by atoms with van der Waals surface area (Å²) in [6, 6.07) is 16.9. The van der Waals surface area contributed by atoms with Crippen molar-refractivity contribution in [1.82, 2.24) is 5.32 Å². The second kappa shape index (κ2) is 7.97. The van der Waals surface area contributed by atoms with E-state index in [1.54, 1.807) is 0 Å². The minimum absolute atomic E-state index is 0.0471. The summed E-state index contributed by atoms with van der Waals surface area (Å²) in [4.78, 5) is 12.2. The molecule has 4 heteroatoms. The Labute approximate surface area is 136 Å². The Morgan fingerprint density at radius 2 is 1.82 bits per heavy atom. The molecule has 1 amide bonds. The number of rotatable bonds is 6. The van der Waals surface area contributed by atoms with E-state index in [4.69, 9.17) is 17.3 Å². The predicted octanol–water partition coefficient (Wildman–Crippen LogP) is 4.00. The topological polar surface area (TPSA) is 55.1 Å². The molecule has 0 saturated carbocycles. The lowest BCUT2D eigenvalue weighted by molar-refractivity contribution is -0.122. The van der Waals surface area contributed by atoms with Crippen LogP contribution >= 0.6 is 11.6 Å². The van der Waals surface area contributed by atoms with Crippen LogP contribution < -0.4 is 11.1 Å². The molecule has 2 rings (SSSR count). The second-order valence-corrected chi connectivity index (χ2v) is 5.74. The van der Waals surface area contributed by atoms with Gasteiger partial charge in [-0.15, -0.1) is 0 Å². The van der Waals surface area contributed by atoms with Gasteiger partial charge in [0.25, 0.3) is 0 Å². The molecule has 0 heterocycles. The number of halogens is 1. The van der Waals surface area contributed by atoms with Crippen molar-refractivity contribution >= 4 is 17.5 Å².